The van der Waals surface area contributed by atoms with Gasteiger partial charge in [-0.2, -0.15) is 5.26 Å². The van der Waals surface area contributed by atoms with Crippen LogP contribution < -0.4 is 4.74 Å². The van der Waals surface area contributed by atoms with Crippen molar-refractivity contribution in [2.24, 2.45) is 0 Å². The zero-order chi connectivity index (χ0) is 14.4. The topological polar surface area (TPSA) is 50.1 Å². The molecule has 100 valence electrons. The molecule has 0 fully saturated rings. The monoisotopic (exact) mass is 283 g/mol. The van der Waals surface area contributed by atoms with Crippen molar-refractivity contribution in [1.82, 2.24) is 0 Å². The van der Waals surface area contributed by atoms with Crippen LogP contribution >= 0.6 is 11.8 Å². The largest absolute Gasteiger partial charge is 0.496 e. The smallest absolute Gasteiger partial charge is 0.150 e. The summed E-state index contributed by atoms with van der Waals surface area (Å²) in [7, 11) is 1.62. The number of aldehydes is 1. The van der Waals surface area contributed by atoms with E-state index in [1.807, 2.05) is 24.3 Å². The van der Waals surface area contributed by atoms with Crippen molar-refractivity contribution in [1.29, 1.82) is 5.26 Å². The average Bonchev–Trinajstić information content (AvgIpc) is 2.53. The average molecular weight is 283 g/mol. The Morgan fingerprint density at radius 2 is 2.00 bits per heavy atom. The van der Waals surface area contributed by atoms with Gasteiger partial charge in [-0.1, -0.05) is 12.1 Å². The molecule has 0 saturated heterocycles. The summed E-state index contributed by atoms with van der Waals surface area (Å²) in [4.78, 5) is 11.7. The second-order valence-corrected chi connectivity index (χ2v) is 5.16. The molecule has 0 atom stereocenters. The molecule has 0 aromatic heterocycles. The lowest BCUT2D eigenvalue weighted by Crippen LogP contribution is -1.91. The number of thioether (sulfide) groups is 1. The van der Waals surface area contributed by atoms with E-state index in [1.165, 1.54) is 0 Å². The molecule has 0 bridgehead atoms. The van der Waals surface area contributed by atoms with Gasteiger partial charge in [0.15, 0.2) is 0 Å². The third kappa shape index (κ3) is 3.40. The van der Waals surface area contributed by atoms with Gasteiger partial charge in [0, 0.05) is 21.8 Å². The van der Waals surface area contributed by atoms with Gasteiger partial charge in [0.1, 0.15) is 12.0 Å². The van der Waals surface area contributed by atoms with Gasteiger partial charge >= 0.3 is 0 Å². The summed E-state index contributed by atoms with van der Waals surface area (Å²) in [6, 6.07) is 14.9. The Morgan fingerprint density at radius 3 is 2.60 bits per heavy atom. The third-order valence-corrected chi connectivity index (χ3v) is 3.88. The molecule has 0 spiro atoms. The van der Waals surface area contributed by atoms with Crippen LogP contribution in [0.4, 0.5) is 0 Å². The van der Waals surface area contributed by atoms with Crippen LogP contribution in [0.2, 0.25) is 0 Å². The van der Waals surface area contributed by atoms with Crippen LogP contribution in [0.1, 0.15) is 21.5 Å². The van der Waals surface area contributed by atoms with E-state index in [0.29, 0.717) is 16.9 Å². The van der Waals surface area contributed by atoms with Crippen LogP contribution in [-0.4, -0.2) is 13.4 Å². The highest BCUT2D eigenvalue weighted by atomic mass is 32.2. The highest BCUT2D eigenvalue weighted by molar-refractivity contribution is 7.98. The molecule has 0 N–H and O–H groups in total. The van der Waals surface area contributed by atoms with Gasteiger partial charge in [-0.05, 0) is 30.3 Å². The fraction of sp³-hybridized carbons (Fsp3) is 0.125. The number of rotatable bonds is 5. The molecule has 0 amide bonds. The maximum Gasteiger partial charge on any atom is 0.150 e. The molecular formula is C16H13NO2S. The lowest BCUT2D eigenvalue weighted by atomic mass is 10.1. The summed E-state index contributed by atoms with van der Waals surface area (Å²) >= 11 is 1.64. The quantitative estimate of drug-likeness (QED) is 0.620. The van der Waals surface area contributed by atoms with E-state index in [-0.39, 0.29) is 0 Å². The summed E-state index contributed by atoms with van der Waals surface area (Å²) in [5, 5.41) is 8.94. The van der Waals surface area contributed by atoms with Crippen LogP contribution in [0, 0.1) is 11.3 Å². The Bertz CT molecular complexity index is 645. The minimum absolute atomic E-state index is 0.623. The highest BCUT2D eigenvalue weighted by Gasteiger charge is 2.05. The van der Waals surface area contributed by atoms with Crippen molar-refractivity contribution in [3.63, 3.8) is 0 Å². The molecule has 0 unspecified atom stereocenters. The fourth-order valence-corrected chi connectivity index (χ4v) is 2.64. The van der Waals surface area contributed by atoms with E-state index in [9.17, 15) is 4.79 Å². The Kier molecular flexibility index (Phi) is 4.80. The molecule has 3 nitrogen and oxygen atoms in total. The second kappa shape index (κ2) is 6.78. The van der Waals surface area contributed by atoms with Gasteiger partial charge in [0.2, 0.25) is 0 Å². The van der Waals surface area contributed by atoms with Gasteiger partial charge in [0.05, 0.1) is 18.7 Å². The zero-order valence-electron chi connectivity index (χ0n) is 11.0. The van der Waals surface area contributed by atoms with Gasteiger partial charge in [-0.25, -0.2) is 0 Å². The highest BCUT2D eigenvalue weighted by Crippen LogP contribution is 2.28. The molecule has 0 heterocycles. The Labute approximate surface area is 122 Å². The summed E-state index contributed by atoms with van der Waals surface area (Å²) in [6.07, 6.45) is 0.827. The number of hydrogen-bond acceptors (Lipinski definition) is 4. The number of nitrogens with zero attached hydrogens (tertiary/aromatic N) is 1. The molecule has 4 heteroatoms. The number of nitriles is 1. The predicted octanol–water partition coefficient (Wildman–Crippen LogP) is 3.67. The number of ether oxygens (including phenoxy) is 1. The zero-order valence-corrected chi connectivity index (χ0v) is 11.8. The predicted molar refractivity (Wildman–Crippen MR) is 79.1 cm³/mol. The SMILES string of the molecule is COc1ccc(C#N)cc1CSc1ccc(C=O)cc1. The van der Waals surface area contributed by atoms with Crippen LogP contribution in [0.5, 0.6) is 5.75 Å². The first-order valence-corrected chi connectivity index (χ1v) is 7.00. The fourth-order valence-electron chi connectivity index (χ4n) is 1.76. The van der Waals surface area contributed by atoms with Crippen LogP contribution in [0.15, 0.2) is 47.4 Å². The molecular weight excluding hydrogens is 270 g/mol. The summed E-state index contributed by atoms with van der Waals surface area (Å²) in [5.41, 5.74) is 2.27. The van der Waals surface area contributed by atoms with Crippen molar-refractivity contribution in [3.8, 4) is 11.8 Å². The lowest BCUT2D eigenvalue weighted by molar-refractivity contribution is 0.112. The van der Waals surface area contributed by atoms with Gasteiger partial charge < -0.3 is 4.74 Å². The molecule has 0 aliphatic carbocycles. The number of benzene rings is 2. The van der Waals surface area contributed by atoms with Crippen molar-refractivity contribution in [3.05, 3.63) is 59.2 Å². The van der Waals surface area contributed by atoms with E-state index in [1.54, 1.807) is 37.1 Å². The third-order valence-electron chi connectivity index (χ3n) is 2.82. The first-order valence-electron chi connectivity index (χ1n) is 6.02. The summed E-state index contributed by atoms with van der Waals surface area (Å²) in [5.74, 6) is 1.49. The van der Waals surface area contributed by atoms with E-state index < -0.39 is 0 Å². The van der Waals surface area contributed by atoms with Crippen molar-refractivity contribution < 1.29 is 9.53 Å². The van der Waals surface area contributed by atoms with Crippen LogP contribution in [0.25, 0.3) is 0 Å². The molecule has 2 aromatic rings. The Hall–Kier alpha value is -2.25. The van der Waals surface area contributed by atoms with Gasteiger partial charge in [-0.15, -0.1) is 11.8 Å². The summed E-state index contributed by atoms with van der Waals surface area (Å²) < 4.78 is 5.30. The van der Waals surface area contributed by atoms with E-state index in [0.717, 1.165) is 22.5 Å². The number of hydrogen-bond donors (Lipinski definition) is 0. The number of carbonyl (C=O) groups excluding carboxylic acids is 1. The Balaban J connectivity index is 2.13. The first kappa shape index (κ1) is 14.2. The molecule has 2 rings (SSSR count). The van der Waals surface area contributed by atoms with E-state index in [4.69, 9.17) is 10.00 Å². The molecule has 0 saturated carbocycles. The van der Waals surface area contributed by atoms with E-state index in [2.05, 4.69) is 6.07 Å². The standard InChI is InChI=1S/C16H13NO2S/c1-19-16-7-4-13(9-17)8-14(16)11-20-15-5-2-12(10-18)3-6-15/h2-8,10H,11H2,1H3. The normalized spacial score (nSPS) is 9.80. The first-order chi connectivity index (χ1) is 9.76. The van der Waals surface area contributed by atoms with Crippen molar-refractivity contribution >= 4 is 18.0 Å². The maximum absolute atomic E-state index is 10.6. The van der Waals surface area contributed by atoms with Gasteiger partial charge in [0.25, 0.3) is 0 Å². The number of methoxy groups -OCH3 is 1. The molecule has 2 aromatic carbocycles. The molecule has 0 aliphatic heterocycles. The van der Waals surface area contributed by atoms with E-state index >= 15 is 0 Å². The molecule has 0 radical (unpaired) electrons. The van der Waals surface area contributed by atoms with Crippen LogP contribution in [0.3, 0.4) is 0 Å². The van der Waals surface area contributed by atoms with Crippen molar-refractivity contribution in [2.45, 2.75) is 10.6 Å². The van der Waals surface area contributed by atoms with Crippen molar-refractivity contribution in [2.75, 3.05) is 7.11 Å². The summed E-state index contributed by atoms with van der Waals surface area (Å²) in [6.45, 7) is 0. The molecule has 0 aliphatic rings. The Morgan fingerprint density at radius 1 is 1.25 bits per heavy atom. The van der Waals surface area contributed by atoms with Gasteiger partial charge in [-0.3, -0.25) is 4.79 Å². The van der Waals surface area contributed by atoms with Crippen LogP contribution in [-0.2, 0) is 5.75 Å². The minimum Gasteiger partial charge on any atom is -0.496 e. The molecule has 20 heavy (non-hydrogen) atoms. The minimum atomic E-state index is 0.623. The number of carbonyl (C=O) groups is 1. The maximum atomic E-state index is 10.6. The lowest BCUT2D eigenvalue weighted by Gasteiger charge is -2.08. The second-order valence-electron chi connectivity index (χ2n) is 4.11.